The van der Waals surface area contributed by atoms with Crippen molar-refractivity contribution in [3.05, 3.63) is 59.7 Å². The van der Waals surface area contributed by atoms with E-state index in [1.165, 1.54) is 17.3 Å². The third-order valence-corrected chi connectivity index (χ3v) is 6.39. The predicted molar refractivity (Wildman–Crippen MR) is 119 cm³/mol. The monoisotopic (exact) mass is 407 g/mol. The molecule has 6 heteroatoms. The van der Waals surface area contributed by atoms with Gasteiger partial charge in [0.05, 0.1) is 5.69 Å². The predicted octanol–water partition coefficient (Wildman–Crippen LogP) is 4.68. The van der Waals surface area contributed by atoms with Gasteiger partial charge in [0.15, 0.2) is 5.17 Å². The van der Waals surface area contributed by atoms with E-state index in [0.717, 1.165) is 41.4 Å². The highest BCUT2D eigenvalue weighted by molar-refractivity contribution is 8.15. The van der Waals surface area contributed by atoms with Crippen molar-refractivity contribution in [2.24, 2.45) is 4.99 Å². The van der Waals surface area contributed by atoms with E-state index >= 15 is 0 Å². The number of aryl methyl sites for hydroxylation is 2. The largest absolute Gasteiger partial charge is 0.326 e. The highest BCUT2D eigenvalue weighted by atomic mass is 32.2. The molecule has 1 aliphatic carbocycles. The van der Waals surface area contributed by atoms with E-state index in [2.05, 4.69) is 24.4 Å². The lowest BCUT2D eigenvalue weighted by Gasteiger charge is -2.15. The van der Waals surface area contributed by atoms with Gasteiger partial charge in [-0.15, -0.1) is 0 Å². The number of hydrogen-bond donors (Lipinski definition) is 1. The van der Waals surface area contributed by atoms with Crippen molar-refractivity contribution < 1.29 is 9.59 Å². The molecule has 0 spiro atoms. The number of carbonyl (C=O) groups is 2. The maximum absolute atomic E-state index is 13.0. The van der Waals surface area contributed by atoms with E-state index in [-0.39, 0.29) is 24.3 Å². The first-order chi connectivity index (χ1) is 14.0. The van der Waals surface area contributed by atoms with Crippen LogP contribution in [0.5, 0.6) is 0 Å². The van der Waals surface area contributed by atoms with Crippen LogP contribution in [0.3, 0.4) is 0 Å². The summed E-state index contributed by atoms with van der Waals surface area (Å²) in [5, 5.41) is 3.23. The first-order valence-electron chi connectivity index (χ1n) is 10.1. The summed E-state index contributed by atoms with van der Waals surface area (Å²) in [6, 6.07) is 16.0. The highest BCUT2D eigenvalue weighted by Gasteiger charge is 2.46. The van der Waals surface area contributed by atoms with Crippen LogP contribution in [0.15, 0.2) is 53.5 Å². The van der Waals surface area contributed by atoms with Gasteiger partial charge >= 0.3 is 0 Å². The Morgan fingerprint density at radius 1 is 1.17 bits per heavy atom. The van der Waals surface area contributed by atoms with Crippen LogP contribution in [0.1, 0.15) is 37.3 Å². The zero-order chi connectivity index (χ0) is 20.4. The lowest BCUT2D eigenvalue weighted by atomic mass is 10.2. The second kappa shape index (κ2) is 8.41. The van der Waals surface area contributed by atoms with Crippen molar-refractivity contribution in [2.75, 3.05) is 5.32 Å². The SMILES string of the molecule is CCc1ccc(N=C2S[C@@H](CC(=O)Nc3ccccc3C)C(=O)N2C2CC2)cc1. The average Bonchev–Trinajstić information content (AvgIpc) is 3.50. The number of para-hydroxylation sites is 1. The molecule has 1 atom stereocenters. The minimum atomic E-state index is -0.423. The molecule has 2 amide bonds. The number of carbonyl (C=O) groups excluding carboxylic acids is 2. The molecule has 1 saturated heterocycles. The van der Waals surface area contributed by atoms with Gasteiger partial charge < -0.3 is 5.32 Å². The molecule has 2 fully saturated rings. The van der Waals surface area contributed by atoms with Gasteiger partial charge in [-0.05, 0) is 55.5 Å². The quantitative estimate of drug-likeness (QED) is 0.756. The van der Waals surface area contributed by atoms with Crippen LogP contribution < -0.4 is 5.32 Å². The maximum Gasteiger partial charge on any atom is 0.242 e. The Hall–Kier alpha value is -2.60. The Labute approximate surface area is 175 Å². The van der Waals surface area contributed by atoms with Gasteiger partial charge in [-0.2, -0.15) is 0 Å². The molecular formula is C23H25N3O2S. The van der Waals surface area contributed by atoms with E-state index < -0.39 is 5.25 Å². The molecule has 29 heavy (non-hydrogen) atoms. The summed E-state index contributed by atoms with van der Waals surface area (Å²) >= 11 is 1.41. The van der Waals surface area contributed by atoms with Gasteiger partial charge in [-0.3, -0.25) is 14.5 Å². The number of hydrogen-bond acceptors (Lipinski definition) is 4. The molecular weight excluding hydrogens is 382 g/mol. The molecule has 0 radical (unpaired) electrons. The minimum Gasteiger partial charge on any atom is -0.326 e. The molecule has 150 valence electrons. The summed E-state index contributed by atoms with van der Waals surface area (Å²) in [7, 11) is 0. The topological polar surface area (TPSA) is 61.8 Å². The van der Waals surface area contributed by atoms with Gasteiger partial charge in [0.25, 0.3) is 0 Å². The van der Waals surface area contributed by atoms with Crippen molar-refractivity contribution in [3.63, 3.8) is 0 Å². The van der Waals surface area contributed by atoms with E-state index in [4.69, 9.17) is 4.99 Å². The summed E-state index contributed by atoms with van der Waals surface area (Å²) in [5.41, 5.74) is 3.89. The molecule has 1 saturated carbocycles. The van der Waals surface area contributed by atoms with Crippen molar-refractivity contribution in [3.8, 4) is 0 Å². The number of amides is 2. The summed E-state index contributed by atoms with van der Waals surface area (Å²) in [6.07, 6.45) is 3.13. The number of benzene rings is 2. The fourth-order valence-corrected chi connectivity index (χ4v) is 4.58. The van der Waals surface area contributed by atoms with Crippen LogP contribution in [-0.4, -0.2) is 33.2 Å². The zero-order valence-electron chi connectivity index (χ0n) is 16.7. The van der Waals surface area contributed by atoms with Crippen LogP contribution in [0, 0.1) is 6.92 Å². The molecule has 0 aromatic heterocycles. The Kier molecular flexibility index (Phi) is 5.72. The number of nitrogens with one attached hydrogen (secondary N) is 1. The molecule has 0 bridgehead atoms. The van der Waals surface area contributed by atoms with Gasteiger partial charge in [-0.25, -0.2) is 4.99 Å². The van der Waals surface area contributed by atoms with Crippen molar-refractivity contribution in [1.82, 2.24) is 4.90 Å². The van der Waals surface area contributed by atoms with Crippen LogP contribution in [0.2, 0.25) is 0 Å². The Balaban J connectivity index is 1.48. The van der Waals surface area contributed by atoms with Crippen LogP contribution in [0.25, 0.3) is 0 Å². The number of rotatable bonds is 6. The fourth-order valence-electron chi connectivity index (χ4n) is 3.36. The van der Waals surface area contributed by atoms with E-state index in [1.807, 2.05) is 48.2 Å². The summed E-state index contributed by atoms with van der Waals surface area (Å²) in [4.78, 5) is 32.1. The first kappa shape index (κ1) is 19.7. The lowest BCUT2D eigenvalue weighted by Crippen LogP contribution is -2.35. The van der Waals surface area contributed by atoms with E-state index in [0.29, 0.717) is 0 Å². The van der Waals surface area contributed by atoms with Gasteiger partial charge in [0.1, 0.15) is 5.25 Å². The summed E-state index contributed by atoms with van der Waals surface area (Å²) < 4.78 is 0. The number of thioether (sulfide) groups is 1. The second-order valence-electron chi connectivity index (χ2n) is 7.53. The molecule has 0 unspecified atom stereocenters. The van der Waals surface area contributed by atoms with Crippen molar-refractivity contribution in [1.29, 1.82) is 0 Å². The third kappa shape index (κ3) is 4.53. The fraction of sp³-hybridized carbons (Fsp3) is 0.348. The maximum atomic E-state index is 13.0. The average molecular weight is 408 g/mol. The Bertz CT molecular complexity index is 951. The van der Waals surface area contributed by atoms with Crippen LogP contribution >= 0.6 is 11.8 Å². The summed E-state index contributed by atoms with van der Waals surface area (Å²) in [6.45, 7) is 4.07. The van der Waals surface area contributed by atoms with E-state index in [9.17, 15) is 9.59 Å². The van der Waals surface area contributed by atoms with Crippen molar-refractivity contribution >= 4 is 40.1 Å². The number of nitrogens with zero attached hydrogens (tertiary/aromatic N) is 2. The van der Waals surface area contributed by atoms with Gasteiger partial charge in [-0.1, -0.05) is 49.0 Å². The minimum absolute atomic E-state index is 0.00126. The van der Waals surface area contributed by atoms with Gasteiger partial charge in [0, 0.05) is 18.2 Å². The van der Waals surface area contributed by atoms with E-state index in [1.54, 1.807) is 0 Å². The zero-order valence-corrected chi connectivity index (χ0v) is 17.5. The molecule has 2 aromatic rings. The number of anilines is 1. The first-order valence-corrected chi connectivity index (χ1v) is 11.0. The second-order valence-corrected chi connectivity index (χ2v) is 8.70. The highest BCUT2D eigenvalue weighted by Crippen LogP contribution is 2.39. The number of amidine groups is 1. The number of aliphatic imine (C=N–C) groups is 1. The molecule has 1 heterocycles. The molecule has 2 aromatic carbocycles. The van der Waals surface area contributed by atoms with Crippen LogP contribution in [0.4, 0.5) is 11.4 Å². The summed E-state index contributed by atoms with van der Waals surface area (Å²) in [5.74, 6) is -0.143. The molecule has 2 aliphatic rings. The molecule has 1 N–H and O–H groups in total. The molecule has 5 nitrogen and oxygen atoms in total. The lowest BCUT2D eigenvalue weighted by molar-refractivity contribution is -0.128. The smallest absolute Gasteiger partial charge is 0.242 e. The molecule has 4 rings (SSSR count). The standard InChI is InChI=1S/C23H25N3O2S/c1-3-16-8-10-17(11-9-16)24-23-26(18-12-13-18)22(28)20(29-23)14-21(27)25-19-7-5-4-6-15(19)2/h4-11,18,20H,3,12-14H2,1-2H3,(H,25,27)/t20-/m0/s1. The third-order valence-electron chi connectivity index (χ3n) is 5.24. The van der Waals surface area contributed by atoms with Crippen LogP contribution in [-0.2, 0) is 16.0 Å². The van der Waals surface area contributed by atoms with Crippen molar-refractivity contribution in [2.45, 2.75) is 50.8 Å². The normalized spacial score (nSPS) is 20.3. The molecule has 1 aliphatic heterocycles. The Morgan fingerprint density at radius 3 is 2.55 bits per heavy atom. The van der Waals surface area contributed by atoms with Gasteiger partial charge in [0.2, 0.25) is 11.8 Å². The Morgan fingerprint density at radius 2 is 1.90 bits per heavy atom.